The van der Waals surface area contributed by atoms with E-state index in [0.29, 0.717) is 24.8 Å². The highest BCUT2D eigenvalue weighted by molar-refractivity contribution is 6.05. The Bertz CT molecular complexity index is 625. The van der Waals surface area contributed by atoms with Crippen molar-refractivity contribution >= 4 is 5.78 Å². The van der Waals surface area contributed by atoms with Crippen LogP contribution >= 0.6 is 0 Å². The Morgan fingerprint density at radius 2 is 1.79 bits per heavy atom. The molecule has 1 spiro atoms. The maximum atomic E-state index is 13.1. The van der Waals surface area contributed by atoms with Crippen molar-refractivity contribution in [1.29, 1.82) is 0 Å². The molecule has 3 N–H and O–H groups in total. The van der Waals surface area contributed by atoms with Gasteiger partial charge >= 0.3 is 0 Å². The molecule has 2 bridgehead atoms. The Morgan fingerprint density at radius 3 is 2.46 bits per heavy atom. The lowest BCUT2D eigenvalue weighted by Gasteiger charge is -2.65. The molecule has 0 saturated heterocycles. The van der Waals surface area contributed by atoms with Gasteiger partial charge in [0.15, 0.2) is 5.78 Å². The summed E-state index contributed by atoms with van der Waals surface area (Å²) in [5.74, 6) is 0.101. The van der Waals surface area contributed by atoms with Crippen LogP contribution in [-0.4, -0.2) is 38.9 Å². The third kappa shape index (κ3) is 1.68. The van der Waals surface area contributed by atoms with Crippen LogP contribution in [0.4, 0.5) is 0 Å². The molecule has 3 unspecified atom stereocenters. The van der Waals surface area contributed by atoms with Crippen molar-refractivity contribution in [3.63, 3.8) is 0 Å². The normalized spacial score (nSPS) is 55.9. The standard InChI is InChI=1S/C20H30O4/c1-11-16(23)19-8-5-13-17(2,3)14(22)6-7-18(13,4)15(19)12(21)9-20(11,24)10-19/h12-15,21-22,24H,1,5-10H2,2-4H3/t12-,13+,14?,15-,18?,19+,20?/m0/s1. The minimum atomic E-state index is -1.22. The largest absolute Gasteiger partial charge is 0.393 e. The molecule has 0 aromatic rings. The van der Waals surface area contributed by atoms with E-state index in [4.69, 9.17) is 0 Å². The molecule has 0 radical (unpaired) electrons. The lowest BCUT2D eigenvalue weighted by molar-refractivity contribution is -0.218. The Hall–Kier alpha value is -0.710. The summed E-state index contributed by atoms with van der Waals surface area (Å²) in [7, 11) is 0. The van der Waals surface area contributed by atoms with Gasteiger partial charge in [0.05, 0.1) is 17.8 Å². The summed E-state index contributed by atoms with van der Waals surface area (Å²) in [6.45, 7) is 10.3. The van der Waals surface area contributed by atoms with Crippen LogP contribution in [0.1, 0.15) is 59.3 Å². The number of hydrogen-bond acceptors (Lipinski definition) is 4. The van der Waals surface area contributed by atoms with E-state index < -0.39 is 17.1 Å². The number of rotatable bonds is 0. The molecule has 4 saturated carbocycles. The number of carbonyl (C=O) groups is 1. The van der Waals surface area contributed by atoms with Gasteiger partial charge in [-0.05, 0) is 48.9 Å². The van der Waals surface area contributed by atoms with Gasteiger partial charge in [0.1, 0.15) is 0 Å². The van der Waals surface area contributed by atoms with Crippen molar-refractivity contribution in [2.24, 2.45) is 28.1 Å². The van der Waals surface area contributed by atoms with Gasteiger partial charge in [0.25, 0.3) is 0 Å². The summed E-state index contributed by atoms with van der Waals surface area (Å²) < 4.78 is 0. The molecule has 0 amide bonds. The Labute approximate surface area is 144 Å². The quantitative estimate of drug-likeness (QED) is 0.594. The minimum absolute atomic E-state index is 0.0184. The smallest absolute Gasteiger partial charge is 0.167 e. The van der Waals surface area contributed by atoms with Crippen LogP contribution in [-0.2, 0) is 4.79 Å². The summed E-state index contributed by atoms with van der Waals surface area (Å²) in [5.41, 5.74) is -1.99. The van der Waals surface area contributed by atoms with Crippen LogP contribution in [0.15, 0.2) is 12.2 Å². The average Bonchev–Trinajstić information content (AvgIpc) is 2.61. The van der Waals surface area contributed by atoms with Gasteiger partial charge in [-0.1, -0.05) is 27.4 Å². The lowest BCUT2D eigenvalue weighted by Crippen LogP contribution is -2.64. The number of fused-ring (bicyclic) bond motifs is 3. The van der Waals surface area contributed by atoms with Crippen LogP contribution in [0, 0.1) is 28.1 Å². The molecule has 4 heteroatoms. The van der Waals surface area contributed by atoms with Gasteiger partial charge in [-0.3, -0.25) is 4.79 Å². The first-order valence-electron chi connectivity index (χ1n) is 9.32. The highest BCUT2D eigenvalue weighted by atomic mass is 16.3. The van der Waals surface area contributed by atoms with Crippen molar-refractivity contribution in [2.45, 2.75) is 77.1 Å². The number of aliphatic hydroxyl groups is 3. The predicted molar refractivity (Wildman–Crippen MR) is 90.1 cm³/mol. The maximum Gasteiger partial charge on any atom is 0.167 e. The van der Waals surface area contributed by atoms with E-state index in [1.165, 1.54) is 0 Å². The van der Waals surface area contributed by atoms with E-state index in [9.17, 15) is 20.1 Å². The fourth-order valence-corrected chi connectivity index (χ4v) is 7.48. The van der Waals surface area contributed by atoms with Crippen LogP contribution in [0.3, 0.4) is 0 Å². The van der Waals surface area contributed by atoms with Crippen LogP contribution in [0.5, 0.6) is 0 Å². The summed E-state index contributed by atoms with van der Waals surface area (Å²) in [6, 6.07) is 0. The van der Waals surface area contributed by atoms with Crippen molar-refractivity contribution in [2.75, 3.05) is 0 Å². The van der Waals surface area contributed by atoms with E-state index >= 15 is 0 Å². The Balaban J connectivity index is 1.84. The number of aliphatic hydroxyl groups excluding tert-OH is 2. The molecule has 4 aliphatic carbocycles. The SMILES string of the molecule is C=C1C(=O)[C@@]23CC[C@@H]4C(C)(C)C(O)CCC4(C)[C@@H]2[C@@H](O)CC1(O)C3. The number of ketones is 1. The molecule has 4 nitrogen and oxygen atoms in total. The van der Waals surface area contributed by atoms with Crippen LogP contribution in [0.25, 0.3) is 0 Å². The molecule has 0 heterocycles. The van der Waals surface area contributed by atoms with E-state index in [2.05, 4.69) is 27.4 Å². The molecule has 0 aliphatic heterocycles. The second-order valence-electron chi connectivity index (χ2n) is 9.89. The highest BCUT2D eigenvalue weighted by Crippen LogP contribution is 2.71. The van der Waals surface area contributed by atoms with E-state index in [1.54, 1.807) is 0 Å². The van der Waals surface area contributed by atoms with E-state index in [-0.39, 0.29) is 41.0 Å². The second-order valence-corrected chi connectivity index (χ2v) is 9.89. The van der Waals surface area contributed by atoms with Crippen LogP contribution < -0.4 is 0 Å². The molecular formula is C20H30O4. The molecular weight excluding hydrogens is 304 g/mol. The monoisotopic (exact) mass is 334 g/mol. The van der Waals surface area contributed by atoms with Gasteiger partial charge < -0.3 is 15.3 Å². The zero-order chi connectivity index (χ0) is 17.7. The van der Waals surface area contributed by atoms with E-state index in [0.717, 1.165) is 12.8 Å². The molecule has 4 rings (SSSR count). The number of carbonyl (C=O) groups excluding carboxylic acids is 1. The summed E-state index contributed by atoms with van der Waals surface area (Å²) in [4.78, 5) is 13.1. The average molecular weight is 334 g/mol. The van der Waals surface area contributed by atoms with Crippen molar-refractivity contribution in [3.8, 4) is 0 Å². The second kappa shape index (κ2) is 4.52. The van der Waals surface area contributed by atoms with Crippen molar-refractivity contribution in [3.05, 3.63) is 12.2 Å². The van der Waals surface area contributed by atoms with Crippen molar-refractivity contribution in [1.82, 2.24) is 0 Å². The first-order chi connectivity index (χ1) is 11.0. The number of hydrogen-bond donors (Lipinski definition) is 3. The zero-order valence-corrected chi connectivity index (χ0v) is 15.0. The highest BCUT2D eigenvalue weighted by Gasteiger charge is 2.72. The maximum absolute atomic E-state index is 13.1. The fraction of sp³-hybridized carbons (Fsp3) is 0.850. The van der Waals surface area contributed by atoms with Gasteiger partial charge in [-0.2, -0.15) is 0 Å². The first-order valence-corrected chi connectivity index (χ1v) is 9.32. The Kier molecular flexibility index (Phi) is 3.15. The summed E-state index contributed by atoms with van der Waals surface area (Å²) in [5, 5.41) is 32.4. The van der Waals surface area contributed by atoms with E-state index in [1.807, 2.05) is 0 Å². The molecule has 7 atom stereocenters. The molecule has 24 heavy (non-hydrogen) atoms. The van der Waals surface area contributed by atoms with Crippen molar-refractivity contribution < 1.29 is 20.1 Å². The fourth-order valence-electron chi connectivity index (χ4n) is 7.48. The van der Waals surface area contributed by atoms with Gasteiger partial charge in [-0.25, -0.2) is 0 Å². The first kappa shape index (κ1) is 16.7. The minimum Gasteiger partial charge on any atom is -0.393 e. The zero-order valence-electron chi connectivity index (χ0n) is 15.0. The van der Waals surface area contributed by atoms with Crippen LogP contribution in [0.2, 0.25) is 0 Å². The third-order valence-corrected chi connectivity index (χ3v) is 8.52. The summed E-state index contributed by atoms with van der Waals surface area (Å²) >= 11 is 0. The lowest BCUT2D eigenvalue weighted by atomic mass is 9.40. The van der Waals surface area contributed by atoms with Gasteiger partial charge in [0, 0.05) is 23.3 Å². The third-order valence-electron chi connectivity index (χ3n) is 8.52. The Morgan fingerprint density at radius 1 is 1.12 bits per heavy atom. The van der Waals surface area contributed by atoms with Gasteiger partial charge in [0.2, 0.25) is 0 Å². The number of Topliss-reactive ketones (excluding diaryl/α,β-unsaturated/α-hetero) is 1. The predicted octanol–water partition coefficient (Wildman–Crippen LogP) is 2.21. The molecule has 4 fully saturated rings. The van der Waals surface area contributed by atoms with Gasteiger partial charge in [-0.15, -0.1) is 0 Å². The topological polar surface area (TPSA) is 77.8 Å². The summed E-state index contributed by atoms with van der Waals surface area (Å²) in [6.07, 6.45) is 2.69. The molecule has 134 valence electrons. The molecule has 0 aromatic heterocycles. The molecule has 4 aliphatic rings. The molecule has 0 aromatic carbocycles.